The highest BCUT2D eigenvalue weighted by atomic mass is 19.1. The van der Waals surface area contributed by atoms with Crippen LogP contribution in [-0.2, 0) is 18.4 Å². The molecule has 11 heteroatoms. The lowest BCUT2D eigenvalue weighted by molar-refractivity contribution is -0.123. The summed E-state index contributed by atoms with van der Waals surface area (Å²) in [6.45, 7) is 3.78. The minimum Gasteiger partial charge on any atom is -0.494 e. The van der Waals surface area contributed by atoms with E-state index in [0.717, 1.165) is 72.4 Å². The van der Waals surface area contributed by atoms with Crippen molar-refractivity contribution in [3.8, 4) is 17.3 Å². The molecule has 10 nitrogen and oxygen atoms in total. The normalized spacial score (nSPS) is 25.8. The second-order valence-corrected chi connectivity index (χ2v) is 12.6. The molecule has 2 bridgehead atoms. The summed E-state index contributed by atoms with van der Waals surface area (Å²) in [5, 5.41) is 10.2. The second-order valence-electron chi connectivity index (χ2n) is 12.6. The average Bonchev–Trinajstić information content (AvgIpc) is 3.61. The van der Waals surface area contributed by atoms with E-state index in [1.165, 1.54) is 0 Å². The summed E-state index contributed by atoms with van der Waals surface area (Å²) < 4.78 is 24.4. The van der Waals surface area contributed by atoms with Gasteiger partial charge >= 0.3 is 0 Å². The molecule has 2 amide bonds. The molecule has 0 spiro atoms. The van der Waals surface area contributed by atoms with Crippen LogP contribution < -0.4 is 20.7 Å². The monoisotopic (exact) mass is 601 g/mol. The zero-order valence-corrected chi connectivity index (χ0v) is 25.5. The van der Waals surface area contributed by atoms with Gasteiger partial charge < -0.3 is 29.8 Å². The number of carbonyl (C=O) groups is 2. The molecule has 0 unspecified atom stereocenters. The number of alkyl halides is 1. The quantitative estimate of drug-likeness (QED) is 0.319. The van der Waals surface area contributed by atoms with Crippen LogP contribution in [-0.4, -0.2) is 63.3 Å². The first kappa shape index (κ1) is 28.8. The van der Waals surface area contributed by atoms with Gasteiger partial charge in [0.1, 0.15) is 23.1 Å². The number of fused-ring (bicyclic) bond motifs is 3. The van der Waals surface area contributed by atoms with Gasteiger partial charge in [0.15, 0.2) is 5.82 Å². The highest BCUT2D eigenvalue weighted by Crippen LogP contribution is 2.43. The third-order valence-electron chi connectivity index (χ3n) is 9.64. The summed E-state index contributed by atoms with van der Waals surface area (Å²) in [5.41, 5.74) is 4.38. The summed E-state index contributed by atoms with van der Waals surface area (Å²) in [5.74, 6) is 1.68. The summed E-state index contributed by atoms with van der Waals surface area (Å²) in [6.07, 6.45) is 4.53. The van der Waals surface area contributed by atoms with Gasteiger partial charge in [-0.05, 0) is 75.4 Å². The highest BCUT2D eigenvalue weighted by molar-refractivity contribution is 6.00. The third-order valence-corrected chi connectivity index (χ3v) is 9.64. The Hall–Kier alpha value is -3.99. The van der Waals surface area contributed by atoms with Crippen LogP contribution in [0.3, 0.4) is 0 Å². The number of rotatable bonds is 4. The molecule has 2 aliphatic heterocycles. The maximum Gasteiger partial charge on any atom is 0.251 e. The second kappa shape index (κ2) is 11.5. The number of piperidine rings is 1. The van der Waals surface area contributed by atoms with E-state index < -0.39 is 12.2 Å². The maximum absolute atomic E-state index is 14.4. The minimum atomic E-state index is -1.09. The zero-order chi connectivity index (χ0) is 30.5. The van der Waals surface area contributed by atoms with Gasteiger partial charge in [0.05, 0.1) is 36.1 Å². The fourth-order valence-corrected chi connectivity index (χ4v) is 6.98. The number of ether oxygens (including phenoxy) is 1. The van der Waals surface area contributed by atoms with Gasteiger partial charge in [-0.15, -0.1) is 0 Å². The molecule has 3 N–H and O–H groups in total. The SMILES string of the molecule is COc1cc(C(=O)N[C@H]2CNCC[C@@H]2F)cc2nc(-c3cc4ccc5nc4n3CCCCC[C@@H]3C[C@H]3C(=O)N[C@@H]5C)n(C)c12. The number of hydrogen-bond donors (Lipinski definition) is 3. The Morgan fingerprint density at radius 3 is 2.82 bits per heavy atom. The lowest BCUT2D eigenvalue weighted by Gasteiger charge is -2.27. The van der Waals surface area contributed by atoms with Crippen LogP contribution in [0.1, 0.15) is 67.5 Å². The minimum absolute atomic E-state index is 0.138. The molecule has 1 saturated carbocycles. The number of hydrogen-bond acceptors (Lipinski definition) is 6. The number of aromatic nitrogens is 4. The maximum atomic E-state index is 14.4. The number of aryl methyl sites for hydroxylation is 2. The molecule has 5 atom stereocenters. The Labute approximate surface area is 255 Å². The van der Waals surface area contributed by atoms with Crippen molar-refractivity contribution in [2.24, 2.45) is 18.9 Å². The van der Waals surface area contributed by atoms with E-state index in [2.05, 4.69) is 32.7 Å². The lowest BCUT2D eigenvalue weighted by Crippen LogP contribution is -2.52. The first-order chi connectivity index (χ1) is 21.3. The van der Waals surface area contributed by atoms with Crippen LogP contribution in [0.15, 0.2) is 30.3 Å². The van der Waals surface area contributed by atoms with Crippen molar-refractivity contribution in [3.63, 3.8) is 0 Å². The van der Waals surface area contributed by atoms with E-state index in [1.54, 1.807) is 19.2 Å². The predicted octanol–water partition coefficient (Wildman–Crippen LogP) is 4.42. The average molecular weight is 602 g/mol. The third kappa shape index (κ3) is 5.21. The van der Waals surface area contributed by atoms with Crippen LogP contribution >= 0.6 is 0 Å². The van der Waals surface area contributed by atoms with Crippen molar-refractivity contribution in [2.75, 3.05) is 20.2 Å². The first-order valence-electron chi connectivity index (χ1n) is 15.8. The molecule has 7 rings (SSSR count). The standard InChI is InChI=1S/C33H40FN7O3/c1-18-24-9-8-20-15-27(41(30(20)37-24)12-6-4-5-7-19-13-22(19)33(43)36-18)31-38-25-14-21(16-28(44-3)29(25)40(31)2)32(42)39-26-17-35-11-10-23(26)34/h8-9,14-16,18-19,22-23,26,35H,4-7,10-13,17H2,1-3H3,(H,36,43)(H,39,42)/t18-,19-,22-,23+,26+/m1/s1. The number of methoxy groups -OCH3 is 1. The molecular weight excluding hydrogens is 561 g/mol. The summed E-state index contributed by atoms with van der Waals surface area (Å²) in [4.78, 5) is 36.1. The Morgan fingerprint density at radius 1 is 1.14 bits per heavy atom. The van der Waals surface area contributed by atoms with Gasteiger partial charge in [0, 0.05) is 37.0 Å². The summed E-state index contributed by atoms with van der Waals surface area (Å²) >= 11 is 0. The Kier molecular flexibility index (Phi) is 7.52. The number of benzene rings is 1. The summed E-state index contributed by atoms with van der Waals surface area (Å²) in [7, 11) is 3.53. The fourth-order valence-electron chi connectivity index (χ4n) is 6.98. The smallest absolute Gasteiger partial charge is 0.251 e. The molecule has 0 radical (unpaired) electrons. The molecule has 2 fully saturated rings. The van der Waals surface area contributed by atoms with Gasteiger partial charge in [-0.1, -0.05) is 12.8 Å². The number of carbonyl (C=O) groups excluding carboxylic acids is 2. The van der Waals surface area contributed by atoms with Crippen molar-refractivity contribution in [3.05, 3.63) is 41.6 Å². The summed E-state index contributed by atoms with van der Waals surface area (Å²) in [6, 6.07) is 8.84. The topological polar surface area (TPSA) is 115 Å². The van der Waals surface area contributed by atoms with Gasteiger partial charge in [-0.2, -0.15) is 0 Å². The number of nitrogens with one attached hydrogen (secondary N) is 3. The van der Waals surface area contributed by atoms with Gasteiger partial charge in [-0.25, -0.2) is 14.4 Å². The lowest BCUT2D eigenvalue weighted by atomic mass is 10.0. The fraction of sp³-hybridized carbons (Fsp3) is 0.515. The molecule has 3 aliphatic rings. The van der Waals surface area contributed by atoms with Crippen LogP contribution in [0.2, 0.25) is 0 Å². The zero-order valence-electron chi connectivity index (χ0n) is 25.5. The molecule has 44 heavy (non-hydrogen) atoms. The molecule has 1 aliphatic carbocycles. The highest BCUT2D eigenvalue weighted by Gasteiger charge is 2.42. The van der Waals surface area contributed by atoms with E-state index in [9.17, 15) is 14.0 Å². The van der Waals surface area contributed by atoms with Crippen molar-refractivity contribution in [1.29, 1.82) is 0 Å². The first-order valence-corrected chi connectivity index (χ1v) is 15.8. The molecule has 1 aromatic carbocycles. The molecule has 1 saturated heterocycles. The largest absolute Gasteiger partial charge is 0.494 e. The van der Waals surface area contributed by atoms with E-state index in [4.69, 9.17) is 14.7 Å². The van der Waals surface area contributed by atoms with Gasteiger partial charge in [0.2, 0.25) is 5.91 Å². The van der Waals surface area contributed by atoms with E-state index in [1.807, 2.05) is 24.6 Å². The molecule has 4 aromatic rings. The van der Waals surface area contributed by atoms with Crippen molar-refractivity contribution in [1.82, 2.24) is 35.1 Å². The van der Waals surface area contributed by atoms with Crippen LogP contribution in [0.4, 0.5) is 4.39 Å². The van der Waals surface area contributed by atoms with E-state index >= 15 is 0 Å². The van der Waals surface area contributed by atoms with Crippen LogP contribution in [0, 0.1) is 11.8 Å². The van der Waals surface area contributed by atoms with Gasteiger partial charge in [-0.3, -0.25) is 9.59 Å². The van der Waals surface area contributed by atoms with Crippen LogP contribution in [0.5, 0.6) is 5.75 Å². The molecule has 5 heterocycles. The Balaban J connectivity index is 1.27. The number of imidazole rings is 1. The number of halogens is 1. The Bertz CT molecular complexity index is 1750. The van der Waals surface area contributed by atoms with Crippen molar-refractivity contribution >= 4 is 33.9 Å². The Morgan fingerprint density at radius 2 is 2.00 bits per heavy atom. The van der Waals surface area contributed by atoms with E-state index in [-0.39, 0.29) is 23.8 Å². The number of nitrogens with zero attached hydrogens (tertiary/aromatic N) is 4. The van der Waals surface area contributed by atoms with Crippen molar-refractivity contribution < 1.29 is 18.7 Å². The number of amides is 2. The molecular formula is C33H40FN7O3. The predicted molar refractivity (Wildman–Crippen MR) is 166 cm³/mol. The van der Waals surface area contributed by atoms with Crippen molar-refractivity contribution in [2.45, 2.75) is 70.2 Å². The molecule has 232 valence electrons. The van der Waals surface area contributed by atoms with Gasteiger partial charge in [0.25, 0.3) is 5.91 Å². The number of pyridine rings is 1. The van der Waals surface area contributed by atoms with Crippen LogP contribution in [0.25, 0.3) is 33.6 Å². The molecule has 3 aromatic heterocycles. The van der Waals surface area contributed by atoms with E-state index in [0.29, 0.717) is 42.3 Å².